The van der Waals surface area contributed by atoms with Gasteiger partial charge in [0.15, 0.2) is 0 Å². The number of aryl methyl sites for hydroxylation is 1. The van der Waals surface area contributed by atoms with Crippen molar-refractivity contribution in [1.82, 2.24) is 4.72 Å². The van der Waals surface area contributed by atoms with E-state index in [9.17, 15) is 12.8 Å². The highest BCUT2D eigenvalue weighted by Crippen LogP contribution is 2.28. The molecule has 0 amide bonds. The van der Waals surface area contributed by atoms with Crippen LogP contribution in [-0.4, -0.2) is 8.42 Å². The van der Waals surface area contributed by atoms with Crippen molar-refractivity contribution in [3.8, 4) is 0 Å². The lowest BCUT2D eigenvalue weighted by Crippen LogP contribution is -2.27. The van der Waals surface area contributed by atoms with E-state index >= 15 is 0 Å². The lowest BCUT2D eigenvalue weighted by Gasteiger charge is -2.14. The van der Waals surface area contributed by atoms with E-state index in [4.69, 9.17) is 17.3 Å². The molecule has 2 aromatic rings. The van der Waals surface area contributed by atoms with Crippen LogP contribution in [0.1, 0.15) is 23.4 Å². The van der Waals surface area contributed by atoms with Gasteiger partial charge in [-0.25, -0.2) is 17.5 Å². The monoisotopic (exact) mass is 348 g/mol. The van der Waals surface area contributed by atoms with Crippen LogP contribution in [-0.2, 0) is 10.0 Å². The third kappa shape index (κ3) is 3.55. The maximum absolute atomic E-state index is 13.9. The van der Waals surface area contributed by atoms with Crippen molar-refractivity contribution >= 4 is 38.6 Å². The summed E-state index contributed by atoms with van der Waals surface area (Å²) in [5.74, 6) is -0.828. The van der Waals surface area contributed by atoms with Crippen molar-refractivity contribution in [2.24, 2.45) is 0 Å². The van der Waals surface area contributed by atoms with E-state index in [1.807, 2.05) is 0 Å². The van der Waals surface area contributed by atoms with E-state index in [0.717, 1.165) is 17.0 Å². The van der Waals surface area contributed by atoms with Crippen LogP contribution >= 0.6 is 22.9 Å². The molecule has 2 rings (SSSR count). The Morgan fingerprint density at radius 2 is 2.05 bits per heavy atom. The number of nitrogens with one attached hydrogen (secondary N) is 1. The normalized spacial score (nSPS) is 13.3. The summed E-state index contributed by atoms with van der Waals surface area (Å²) in [4.78, 5) is 0.282. The summed E-state index contributed by atoms with van der Waals surface area (Å²) in [5.41, 5.74) is 6.37. The molecule has 114 valence electrons. The Kier molecular flexibility index (Phi) is 4.57. The van der Waals surface area contributed by atoms with Gasteiger partial charge in [0, 0.05) is 10.6 Å². The Bertz CT molecular complexity index is 774. The molecule has 21 heavy (non-hydrogen) atoms. The minimum absolute atomic E-state index is 0.226. The van der Waals surface area contributed by atoms with E-state index in [-0.39, 0.29) is 5.69 Å². The summed E-state index contributed by atoms with van der Waals surface area (Å²) in [6, 6.07) is 5.11. The SMILES string of the molecule is Cc1cc(F)c(S(=O)(=O)NC(C)c2ccc(Cl)s2)cc1N. The van der Waals surface area contributed by atoms with Gasteiger partial charge < -0.3 is 5.73 Å². The average molecular weight is 349 g/mol. The van der Waals surface area contributed by atoms with E-state index in [0.29, 0.717) is 9.90 Å². The summed E-state index contributed by atoms with van der Waals surface area (Å²) in [6.07, 6.45) is 0. The van der Waals surface area contributed by atoms with Gasteiger partial charge in [0.05, 0.1) is 10.4 Å². The topological polar surface area (TPSA) is 72.2 Å². The Balaban J connectivity index is 2.32. The molecule has 1 aromatic heterocycles. The van der Waals surface area contributed by atoms with Gasteiger partial charge in [0.25, 0.3) is 0 Å². The van der Waals surface area contributed by atoms with Crippen LogP contribution in [0.2, 0.25) is 4.34 Å². The zero-order valence-corrected chi connectivity index (χ0v) is 13.7. The largest absolute Gasteiger partial charge is 0.398 e. The predicted molar refractivity (Wildman–Crippen MR) is 83.6 cm³/mol. The van der Waals surface area contributed by atoms with E-state index in [1.54, 1.807) is 26.0 Å². The van der Waals surface area contributed by atoms with Crippen LogP contribution < -0.4 is 10.5 Å². The standard InChI is InChI=1S/C13H14ClFN2O2S2/c1-7-5-9(15)12(6-10(7)16)21(18,19)17-8(2)11-3-4-13(14)20-11/h3-6,8,17H,16H2,1-2H3. The molecule has 0 aliphatic rings. The first-order chi connectivity index (χ1) is 9.70. The number of sulfonamides is 1. The molecule has 0 spiro atoms. The number of thiophene rings is 1. The van der Waals surface area contributed by atoms with E-state index < -0.39 is 26.8 Å². The Labute approximate surface area is 131 Å². The molecule has 0 bridgehead atoms. The summed E-state index contributed by atoms with van der Waals surface area (Å²) in [5, 5.41) is 0. The molecule has 8 heteroatoms. The third-order valence-corrected chi connectivity index (χ3v) is 5.93. The predicted octanol–water partition coefficient (Wildman–Crippen LogP) is 3.47. The third-order valence-electron chi connectivity index (χ3n) is 2.96. The van der Waals surface area contributed by atoms with Crippen LogP contribution in [0, 0.1) is 12.7 Å². The zero-order valence-electron chi connectivity index (χ0n) is 11.4. The molecule has 0 aliphatic carbocycles. The number of nitrogens with two attached hydrogens (primary N) is 1. The van der Waals surface area contributed by atoms with Gasteiger partial charge in [0.2, 0.25) is 10.0 Å². The van der Waals surface area contributed by atoms with E-state index in [1.165, 1.54) is 11.3 Å². The molecule has 0 saturated carbocycles. The first-order valence-corrected chi connectivity index (χ1v) is 8.71. The van der Waals surface area contributed by atoms with E-state index in [2.05, 4.69) is 4.72 Å². The Morgan fingerprint density at radius 3 is 2.62 bits per heavy atom. The van der Waals surface area contributed by atoms with Crippen LogP contribution in [0.5, 0.6) is 0 Å². The zero-order chi connectivity index (χ0) is 15.8. The van der Waals surface area contributed by atoms with Crippen molar-refractivity contribution in [3.05, 3.63) is 44.9 Å². The lowest BCUT2D eigenvalue weighted by atomic mass is 10.2. The molecule has 1 atom stereocenters. The van der Waals surface area contributed by atoms with Crippen molar-refractivity contribution in [2.75, 3.05) is 5.73 Å². The second-order valence-electron chi connectivity index (χ2n) is 4.62. The fraction of sp³-hybridized carbons (Fsp3) is 0.231. The van der Waals surface area contributed by atoms with Crippen LogP contribution in [0.15, 0.2) is 29.2 Å². The summed E-state index contributed by atoms with van der Waals surface area (Å²) < 4.78 is 41.4. The fourth-order valence-electron chi connectivity index (χ4n) is 1.79. The van der Waals surface area contributed by atoms with Gasteiger partial charge in [-0.3, -0.25) is 0 Å². The summed E-state index contributed by atoms with van der Waals surface area (Å²) >= 11 is 7.08. The van der Waals surface area contributed by atoms with Crippen molar-refractivity contribution < 1.29 is 12.8 Å². The Hall–Kier alpha value is -1.15. The lowest BCUT2D eigenvalue weighted by molar-refractivity contribution is 0.548. The molecule has 4 nitrogen and oxygen atoms in total. The molecule has 0 fully saturated rings. The number of halogens is 2. The molecule has 0 aliphatic heterocycles. The minimum atomic E-state index is -4.01. The number of benzene rings is 1. The smallest absolute Gasteiger partial charge is 0.244 e. The fourth-order valence-corrected chi connectivity index (χ4v) is 4.24. The number of nitrogen functional groups attached to an aromatic ring is 1. The molecule has 1 heterocycles. The van der Waals surface area contributed by atoms with Crippen LogP contribution in [0.25, 0.3) is 0 Å². The number of hydrogen-bond donors (Lipinski definition) is 2. The first-order valence-electron chi connectivity index (χ1n) is 6.04. The average Bonchev–Trinajstić information content (AvgIpc) is 2.80. The van der Waals surface area contributed by atoms with Crippen LogP contribution in [0.3, 0.4) is 0 Å². The highest BCUT2D eigenvalue weighted by molar-refractivity contribution is 7.89. The van der Waals surface area contributed by atoms with Crippen molar-refractivity contribution in [3.63, 3.8) is 0 Å². The van der Waals surface area contributed by atoms with Gasteiger partial charge >= 0.3 is 0 Å². The van der Waals surface area contributed by atoms with Gasteiger partial charge in [-0.05, 0) is 43.7 Å². The first kappa shape index (κ1) is 16.2. The summed E-state index contributed by atoms with van der Waals surface area (Å²) in [6.45, 7) is 3.27. The maximum atomic E-state index is 13.9. The molecular formula is C13H14ClFN2O2S2. The molecular weight excluding hydrogens is 335 g/mol. The molecule has 0 radical (unpaired) electrons. The molecule has 0 saturated heterocycles. The highest BCUT2D eigenvalue weighted by atomic mass is 35.5. The number of hydrogen-bond acceptors (Lipinski definition) is 4. The quantitative estimate of drug-likeness (QED) is 0.831. The Morgan fingerprint density at radius 1 is 1.38 bits per heavy atom. The van der Waals surface area contributed by atoms with Crippen LogP contribution in [0.4, 0.5) is 10.1 Å². The molecule has 1 aromatic carbocycles. The van der Waals surface area contributed by atoms with Gasteiger partial charge in [-0.1, -0.05) is 11.6 Å². The second-order valence-corrected chi connectivity index (χ2v) is 8.05. The van der Waals surface area contributed by atoms with Gasteiger partial charge in [-0.15, -0.1) is 11.3 Å². The molecule has 3 N–H and O–H groups in total. The highest BCUT2D eigenvalue weighted by Gasteiger charge is 2.23. The maximum Gasteiger partial charge on any atom is 0.244 e. The summed E-state index contributed by atoms with van der Waals surface area (Å²) in [7, 11) is -4.01. The minimum Gasteiger partial charge on any atom is -0.398 e. The number of anilines is 1. The second kappa shape index (κ2) is 5.92. The van der Waals surface area contributed by atoms with Crippen molar-refractivity contribution in [2.45, 2.75) is 24.8 Å². The number of rotatable bonds is 4. The van der Waals surface area contributed by atoms with Gasteiger partial charge in [-0.2, -0.15) is 0 Å². The van der Waals surface area contributed by atoms with Crippen molar-refractivity contribution in [1.29, 1.82) is 0 Å². The van der Waals surface area contributed by atoms with Gasteiger partial charge in [0.1, 0.15) is 10.7 Å². The molecule has 1 unspecified atom stereocenters.